The lowest BCUT2D eigenvalue weighted by Crippen LogP contribution is -2.28. The number of nitrogens with two attached hydrogens (primary N) is 1. The van der Waals surface area contributed by atoms with Gasteiger partial charge in [-0.25, -0.2) is 0 Å². The number of nitrogens with one attached hydrogen (secondary N) is 1. The largest absolute Gasteiger partial charge is 0.434 e. The van der Waals surface area contributed by atoms with Gasteiger partial charge in [0.25, 0.3) is 0 Å². The third kappa shape index (κ3) is 4.97. The highest BCUT2D eigenvalue weighted by molar-refractivity contribution is 6.30. The van der Waals surface area contributed by atoms with Gasteiger partial charge in [-0.05, 0) is 18.2 Å². The van der Waals surface area contributed by atoms with Crippen LogP contribution in [0.5, 0.6) is 5.75 Å². The van der Waals surface area contributed by atoms with Crippen molar-refractivity contribution in [1.29, 1.82) is 0 Å². The molecule has 0 aromatic heterocycles. The number of benzene rings is 1. The molecule has 0 atom stereocenters. The van der Waals surface area contributed by atoms with Crippen LogP contribution in [-0.4, -0.2) is 19.1 Å². The molecule has 0 saturated carbocycles. The number of ether oxygens (including phenoxy) is 1. The highest BCUT2D eigenvalue weighted by atomic mass is 35.5. The Kier molecular flexibility index (Phi) is 5.11. The molecule has 0 aliphatic rings. The topological polar surface area (TPSA) is 64.4 Å². The molecule has 0 aliphatic heterocycles. The van der Waals surface area contributed by atoms with Gasteiger partial charge < -0.3 is 15.8 Å². The van der Waals surface area contributed by atoms with E-state index >= 15 is 0 Å². The third-order valence-corrected chi connectivity index (χ3v) is 2.09. The minimum atomic E-state index is -2.91. The van der Waals surface area contributed by atoms with Crippen LogP contribution in [0.4, 0.5) is 8.78 Å². The molecule has 1 aromatic rings. The molecule has 0 saturated heterocycles. The summed E-state index contributed by atoms with van der Waals surface area (Å²) in [6, 6.07) is 4.26. The summed E-state index contributed by atoms with van der Waals surface area (Å²) in [5.74, 6) is -0.523. The Labute approximate surface area is 102 Å². The van der Waals surface area contributed by atoms with Crippen molar-refractivity contribution in [2.45, 2.75) is 13.2 Å². The van der Waals surface area contributed by atoms with Crippen molar-refractivity contribution in [3.05, 3.63) is 28.8 Å². The smallest absolute Gasteiger partial charge is 0.387 e. The minimum absolute atomic E-state index is 0.0152. The highest BCUT2D eigenvalue weighted by Gasteiger charge is 2.10. The molecule has 0 spiro atoms. The monoisotopic (exact) mass is 264 g/mol. The molecule has 0 unspecified atom stereocenters. The molecule has 4 nitrogen and oxygen atoms in total. The first-order chi connectivity index (χ1) is 7.99. The van der Waals surface area contributed by atoms with E-state index in [4.69, 9.17) is 17.3 Å². The fourth-order valence-electron chi connectivity index (χ4n) is 1.22. The van der Waals surface area contributed by atoms with E-state index in [1.165, 1.54) is 18.2 Å². The molecule has 1 aromatic carbocycles. The molecule has 94 valence electrons. The van der Waals surface area contributed by atoms with E-state index in [9.17, 15) is 13.6 Å². The molecule has 0 fully saturated rings. The van der Waals surface area contributed by atoms with Crippen molar-refractivity contribution in [1.82, 2.24) is 5.32 Å². The summed E-state index contributed by atoms with van der Waals surface area (Å²) >= 11 is 5.73. The van der Waals surface area contributed by atoms with Crippen molar-refractivity contribution in [3.63, 3.8) is 0 Å². The number of rotatable bonds is 6. The van der Waals surface area contributed by atoms with Gasteiger partial charge in [0.1, 0.15) is 5.75 Å². The Hall–Kier alpha value is -1.40. The summed E-state index contributed by atoms with van der Waals surface area (Å²) < 4.78 is 28.5. The van der Waals surface area contributed by atoms with Gasteiger partial charge in [-0.15, -0.1) is 0 Å². The first-order valence-electron chi connectivity index (χ1n) is 4.71. The van der Waals surface area contributed by atoms with Gasteiger partial charge in [0, 0.05) is 17.1 Å². The number of carbonyl (C=O) groups excluding carboxylic acids is 1. The lowest BCUT2D eigenvalue weighted by atomic mass is 10.2. The number of primary amides is 1. The number of halogens is 3. The predicted octanol–water partition coefficient (Wildman–Crippen LogP) is 1.52. The van der Waals surface area contributed by atoms with Crippen LogP contribution in [0.1, 0.15) is 5.56 Å². The zero-order valence-electron chi connectivity index (χ0n) is 8.75. The molecule has 7 heteroatoms. The van der Waals surface area contributed by atoms with Crippen LogP contribution in [0.2, 0.25) is 5.02 Å². The quantitative estimate of drug-likeness (QED) is 0.819. The summed E-state index contributed by atoms with van der Waals surface area (Å²) in [6.45, 7) is -2.81. The van der Waals surface area contributed by atoms with Crippen molar-refractivity contribution >= 4 is 17.5 Å². The van der Waals surface area contributed by atoms with E-state index in [0.717, 1.165) is 0 Å². The highest BCUT2D eigenvalue weighted by Crippen LogP contribution is 2.24. The minimum Gasteiger partial charge on any atom is -0.434 e. The van der Waals surface area contributed by atoms with E-state index in [1.807, 2.05) is 0 Å². The lowest BCUT2D eigenvalue weighted by Gasteiger charge is -2.11. The molecule has 3 N–H and O–H groups in total. The molecule has 17 heavy (non-hydrogen) atoms. The van der Waals surface area contributed by atoms with Crippen molar-refractivity contribution in [2.75, 3.05) is 6.54 Å². The first-order valence-corrected chi connectivity index (χ1v) is 5.09. The molecule has 1 amide bonds. The maximum atomic E-state index is 12.1. The zero-order chi connectivity index (χ0) is 12.8. The number of alkyl halides is 2. The van der Waals surface area contributed by atoms with Crippen LogP contribution >= 0.6 is 11.6 Å². The summed E-state index contributed by atoms with van der Waals surface area (Å²) in [7, 11) is 0. The van der Waals surface area contributed by atoms with E-state index in [1.54, 1.807) is 0 Å². The molecule has 0 aliphatic carbocycles. The Morgan fingerprint density at radius 1 is 1.53 bits per heavy atom. The van der Waals surface area contributed by atoms with Gasteiger partial charge in [0.05, 0.1) is 6.54 Å². The van der Waals surface area contributed by atoms with Gasteiger partial charge in [0.2, 0.25) is 5.91 Å². The summed E-state index contributed by atoms with van der Waals surface area (Å²) in [5.41, 5.74) is 5.36. The number of carbonyl (C=O) groups is 1. The van der Waals surface area contributed by atoms with E-state index in [-0.39, 0.29) is 18.8 Å². The SMILES string of the molecule is NC(=O)CNCc1cc(Cl)ccc1OC(F)F. The summed E-state index contributed by atoms with van der Waals surface area (Å²) in [6.07, 6.45) is 0. The number of hydrogen-bond donors (Lipinski definition) is 2. The average molecular weight is 265 g/mol. The summed E-state index contributed by atoms with van der Waals surface area (Å²) in [4.78, 5) is 10.5. The van der Waals surface area contributed by atoms with Gasteiger partial charge in [-0.1, -0.05) is 11.6 Å². The molecular weight excluding hydrogens is 254 g/mol. The van der Waals surface area contributed by atoms with E-state index < -0.39 is 12.5 Å². The van der Waals surface area contributed by atoms with Crippen LogP contribution in [-0.2, 0) is 11.3 Å². The van der Waals surface area contributed by atoms with Crippen molar-refractivity contribution in [3.8, 4) is 5.75 Å². The fourth-order valence-corrected chi connectivity index (χ4v) is 1.41. The van der Waals surface area contributed by atoms with Crippen molar-refractivity contribution in [2.24, 2.45) is 5.73 Å². The second-order valence-electron chi connectivity index (χ2n) is 3.20. The van der Waals surface area contributed by atoms with E-state index in [0.29, 0.717) is 10.6 Å². The van der Waals surface area contributed by atoms with Gasteiger partial charge >= 0.3 is 6.61 Å². The normalized spacial score (nSPS) is 10.6. The zero-order valence-corrected chi connectivity index (χ0v) is 9.51. The Morgan fingerprint density at radius 2 is 2.24 bits per heavy atom. The Balaban J connectivity index is 2.72. The number of hydrogen-bond acceptors (Lipinski definition) is 3. The van der Waals surface area contributed by atoms with Crippen molar-refractivity contribution < 1.29 is 18.3 Å². The van der Waals surface area contributed by atoms with Crippen LogP contribution in [0.15, 0.2) is 18.2 Å². The van der Waals surface area contributed by atoms with Crippen LogP contribution < -0.4 is 15.8 Å². The second-order valence-corrected chi connectivity index (χ2v) is 3.64. The number of amides is 1. The second kappa shape index (κ2) is 6.36. The average Bonchev–Trinajstić information content (AvgIpc) is 2.21. The summed E-state index contributed by atoms with van der Waals surface area (Å²) in [5, 5.41) is 3.08. The molecule has 0 bridgehead atoms. The van der Waals surface area contributed by atoms with Gasteiger partial charge in [-0.2, -0.15) is 8.78 Å². The Bertz CT molecular complexity index is 402. The van der Waals surface area contributed by atoms with Crippen LogP contribution in [0, 0.1) is 0 Å². The standard InChI is InChI=1S/C10H11ClF2N2O2/c11-7-1-2-8(17-10(12)13)6(3-7)4-15-5-9(14)16/h1-3,10,15H,4-5H2,(H2,14,16). The first kappa shape index (κ1) is 13.7. The third-order valence-electron chi connectivity index (χ3n) is 1.85. The van der Waals surface area contributed by atoms with Crippen LogP contribution in [0.3, 0.4) is 0 Å². The maximum absolute atomic E-state index is 12.1. The molecular formula is C10H11ClF2N2O2. The molecule has 1 rings (SSSR count). The van der Waals surface area contributed by atoms with Gasteiger partial charge in [-0.3, -0.25) is 4.79 Å². The molecule has 0 heterocycles. The van der Waals surface area contributed by atoms with E-state index in [2.05, 4.69) is 10.1 Å². The maximum Gasteiger partial charge on any atom is 0.387 e. The Morgan fingerprint density at radius 3 is 2.82 bits per heavy atom. The van der Waals surface area contributed by atoms with Gasteiger partial charge in [0.15, 0.2) is 0 Å². The fraction of sp³-hybridized carbons (Fsp3) is 0.300. The predicted molar refractivity (Wildman–Crippen MR) is 59.0 cm³/mol. The lowest BCUT2D eigenvalue weighted by molar-refractivity contribution is -0.117. The van der Waals surface area contributed by atoms with Crippen LogP contribution in [0.25, 0.3) is 0 Å². The molecule has 0 radical (unpaired) electrons.